The molecule has 1 aliphatic rings. The van der Waals surface area contributed by atoms with Gasteiger partial charge in [0.05, 0.1) is 23.9 Å². The Morgan fingerprint density at radius 3 is 2.55 bits per heavy atom. The van der Waals surface area contributed by atoms with Gasteiger partial charge in [0, 0.05) is 37.6 Å². The highest BCUT2D eigenvalue weighted by Crippen LogP contribution is 2.16. The van der Waals surface area contributed by atoms with E-state index in [1.54, 1.807) is 23.5 Å². The van der Waals surface area contributed by atoms with Gasteiger partial charge in [0.25, 0.3) is 0 Å². The average molecular weight is 464 g/mol. The van der Waals surface area contributed by atoms with Gasteiger partial charge in [0.2, 0.25) is 5.91 Å². The predicted octanol–water partition coefficient (Wildman–Crippen LogP) is 4.19. The van der Waals surface area contributed by atoms with E-state index in [0.29, 0.717) is 13.2 Å². The molecular weight excluding hydrogens is 434 g/mol. The van der Waals surface area contributed by atoms with Gasteiger partial charge < -0.3 is 14.8 Å². The summed E-state index contributed by atoms with van der Waals surface area (Å²) in [6, 6.07) is 16.1. The molecule has 172 valence electrons. The summed E-state index contributed by atoms with van der Waals surface area (Å²) in [4.78, 5) is 19.0. The van der Waals surface area contributed by atoms with Crippen LogP contribution in [0.5, 0.6) is 5.75 Å². The van der Waals surface area contributed by atoms with Crippen LogP contribution in [-0.2, 0) is 29.2 Å². The van der Waals surface area contributed by atoms with Crippen LogP contribution in [0.1, 0.15) is 27.4 Å². The quantitative estimate of drug-likeness (QED) is 0.482. The summed E-state index contributed by atoms with van der Waals surface area (Å²) in [5, 5.41) is 5.98. The van der Waals surface area contributed by atoms with Crippen LogP contribution in [0.2, 0.25) is 0 Å². The van der Waals surface area contributed by atoms with Gasteiger partial charge in [-0.15, -0.1) is 11.3 Å². The van der Waals surface area contributed by atoms with Crippen LogP contribution in [0.25, 0.3) is 6.08 Å². The van der Waals surface area contributed by atoms with Gasteiger partial charge in [-0.3, -0.25) is 9.69 Å². The van der Waals surface area contributed by atoms with Gasteiger partial charge in [-0.25, -0.2) is 4.98 Å². The molecule has 6 nitrogen and oxygen atoms in total. The summed E-state index contributed by atoms with van der Waals surface area (Å²) in [6.45, 7) is 7.45. The largest absolute Gasteiger partial charge is 0.487 e. The number of thiazole rings is 1. The summed E-state index contributed by atoms with van der Waals surface area (Å²) in [7, 11) is 0. The van der Waals surface area contributed by atoms with Crippen molar-refractivity contribution in [3.63, 3.8) is 0 Å². The van der Waals surface area contributed by atoms with E-state index >= 15 is 0 Å². The molecule has 0 saturated carbocycles. The minimum atomic E-state index is -0.119. The van der Waals surface area contributed by atoms with Crippen molar-refractivity contribution >= 4 is 23.3 Å². The van der Waals surface area contributed by atoms with Crippen molar-refractivity contribution < 1.29 is 14.3 Å². The Morgan fingerprint density at radius 1 is 1.12 bits per heavy atom. The summed E-state index contributed by atoms with van der Waals surface area (Å²) < 4.78 is 11.2. The Morgan fingerprint density at radius 2 is 1.85 bits per heavy atom. The fraction of sp³-hybridized carbons (Fsp3) is 0.308. The molecule has 0 aliphatic carbocycles. The van der Waals surface area contributed by atoms with Crippen molar-refractivity contribution in [3.05, 3.63) is 87.4 Å². The van der Waals surface area contributed by atoms with Crippen molar-refractivity contribution in [2.24, 2.45) is 0 Å². The predicted molar refractivity (Wildman–Crippen MR) is 131 cm³/mol. The van der Waals surface area contributed by atoms with E-state index in [2.05, 4.69) is 39.5 Å². The molecule has 0 unspecified atom stereocenters. The highest BCUT2D eigenvalue weighted by Gasteiger charge is 2.10. The van der Waals surface area contributed by atoms with E-state index in [1.807, 2.05) is 36.6 Å². The molecule has 33 heavy (non-hydrogen) atoms. The van der Waals surface area contributed by atoms with Gasteiger partial charge in [0.15, 0.2) is 0 Å². The fourth-order valence-electron chi connectivity index (χ4n) is 3.51. The summed E-state index contributed by atoms with van der Waals surface area (Å²) in [5.41, 5.74) is 4.24. The fourth-order valence-corrected chi connectivity index (χ4v) is 4.10. The van der Waals surface area contributed by atoms with Crippen molar-refractivity contribution in [2.75, 3.05) is 26.3 Å². The SMILES string of the molecule is Cc1nc(COc2ccc(/C=C/C(=O)NCc3ccc(CN4CCOCC4)cc3)cc2)cs1. The van der Waals surface area contributed by atoms with E-state index < -0.39 is 0 Å². The number of hydrogen-bond donors (Lipinski definition) is 1. The number of ether oxygens (including phenoxy) is 2. The van der Waals surface area contributed by atoms with Crippen LogP contribution in [0.3, 0.4) is 0 Å². The van der Waals surface area contributed by atoms with Crippen molar-refractivity contribution in [3.8, 4) is 5.75 Å². The van der Waals surface area contributed by atoms with Crippen molar-refractivity contribution in [1.29, 1.82) is 0 Å². The highest BCUT2D eigenvalue weighted by molar-refractivity contribution is 7.09. The molecule has 3 aromatic rings. The first-order chi connectivity index (χ1) is 16.1. The first-order valence-corrected chi connectivity index (χ1v) is 12.0. The van der Waals surface area contributed by atoms with Crippen molar-refractivity contribution in [1.82, 2.24) is 15.2 Å². The lowest BCUT2D eigenvalue weighted by molar-refractivity contribution is -0.116. The molecule has 1 aliphatic heterocycles. The molecule has 1 saturated heterocycles. The number of rotatable bonds is 9. The number of carbonyl (C=O) groups excluding carboxylic acids is 1. The van der Waals surface area contributed by atoms with Crippen LogP contribution in [-0.4, -0.2) is 42.1 Å². The minimum Gasteiger partial charge on any atom is -0.487 e. The molecule has 1 amide bonds. The molecule has 0 bridgehead atoms. The van der Waals surface area contributed by atoms with Crippen LogP contribution < -0.4 is 10.1 Å². The van der Waals surface area contributed by atoms with E-state index in [-0.39, 0.29) is 5.91 Å². The summed E-state index contributed by atoms with van der Waals surface area (Å²) >= 11 is 1.62. The first kappa shape index (κ1) is 23.2. The van der Waals surface area contributed by atoms with Crippen LogP contribution in [0, 0.1) is 6.92 Å². The molecule has 1 fully saturated rings. The van der Waals surface area contributed by atoms with Gasteiger partial charge in [-0.2, -0.15) is 0 Å². The van der Waals surface area contributed by atoms with Crippen molar-refractivity contribution in [2.45, 2.75) is 26.6 Å². The highest BCUT2D eigenvalue weighted by atomic mass is 32.1. The normalized spacial score (nSPS) is 14.5. The molecule has 7 heteroatoms. The van der Waals surface area contributed by atoms with E-state index in [1.165, 1.54) is 5.56 Å². The zero-order valence-corrected chi connectivity index (χ0v) is 19.6. The third-order valence-electron chi connectivity index (χ3n) is 5.36. The third-order valence-corrected chi connectivity index (χ3v) is 6.18. The molecule has 2 heterocycles. The Kier molecular flexibility index (Phi) is 8.24. The molecule has 4 rings (SSSR count). The van der Waals surface area contributed by atoms with Crippen LogP contribution in [0.4, 0.5) is 0 Å². The number of nitrogens with zero attached hydrogens (tertiary/aromatic N) is 2. The van der Waals surface area contributed by atoms with Crippen LogP contribution in [0.15, 0.2) is 60.0 Å². The lowest BCUT2D eigenvalue weighted by Crippen LogP contribution is -2.35. The standard InChI is InChI=1S/C26H29N3O3S/c1-20-28-24(19-33-20)18-32-25-9-6-21(7-10-25)8-11-26(30)27-16-22-2-4-23(5-3-22)17-29-12-14-31-15-13-29/h2-11,19H,12-18H2,1H3,(H,27,30)/b11-8+. The number of amides is 1. The van der Waals surface area contributed by atoms with Crippen LogP contribution >= 0.6 is 11.3 Å². The third kappa shape index (κ3) is 7.53. The zero-order chi connectivity index (χ0) is 22.9. The number of hydrogen-bond acceptors (Lipinski definition) is 6. The molecular formula is C26H29N3O3S. The lowest BCUT2D eigenvalue weighted by atomic mass is 10.1. The second-order valence-electron chi connectivity index (χ2n) is 7.97. The maximum absolute atomic E-state index is 12.2. The Hall–Kier alpha value is -3.00. The summed E-state index contributed by atoms with van der Waals surface area (Å²) in [6.07, 6.45) is 3.36. The number of benzene rings is 2. The van der Waals surface area contributed by atoms with Gasteiger partial charge in [0.1, 0.15) is 12.4 Å². The zero-order valence-electron chi connectivity index (χ0n) is 18.8. The molecule has 1 N–H and O–H groups in total. The monoisotopic (exact) mass is 463 g/mol. The molecule has 2 aromatic carbocycles. The molecule has 0 atom stereocenters. The second-order valence-corrected chi connectivity index (χ2v) is 9.03. The Balaban J connectivity index is 1.19. The molecule has 0 spiro atoms. The van der Waals surface area contributed by atoms with E-state index in [4.69, 9.17) is 9.47 Å². The Bertz CT molecular complexity index is 1060. The van der Waals surface area contributed by atoms with Gasteiger partial charge in [-0.1, -0.05) is 36.4 Å². The number of morpholine rings is 1. The van der Waals surface area contributed by atoms with Gasteiger partial charge >= 0.3 is 0 Å². The number of carbonyl (C=O) groups is 1. The van der Waals surface area contributed by atoms with E-state index in [0.717, 1.165) is 60.4 Å². The lowest BCUT2D eigenvalue weighted by Gasteiger charge is -2.26. The Labute approximate surface area is 198 Å². The van der Waals surface area contributed by atoms with Gasteiger partial charge in [-0.05, 0) is 41.8 Å². The average Bonchev–Trinajstić information content (AvgIpc) is 3.27. The summed E-state index contributed by atoms with van der Waals surface area (Å²) in [5.74, 6) is 0.658. The maximum atomic E-state index is 12.2. The van der Waals surface area contributed by atoms with E-state index in [9.17, 15) is 4.79 Å². The number of nitrogens with one attached hydrogen (secondary N) is 1. The smallest absolute Gasteiger partial charge is 0.244 e. The molecule has 0 radical (unpaired) electrons. The molecule has 1 aromatic heterocycles. The minimum absolute atomic E-state index is 0.119. The first-order valence-electron chi connectivity index (χ1n) is 11.1. The second kappa shape index (κ2) is 11.7. The number of aryl methyl sites for hydroxylation is 1. The topological polar surface area (TPSA) is 63.7 Å². The number of aromatic nitrogens is 1. The maximum Gasteiger partial charge on any atom is 0.244 e.